The lowest BCUT2D eigenvalue weighted by Gasteiger charge is -2.14. The number of benzene rings is 3. The summed E-state index contributed by atoms with van der Waals surface area (Å²) >= 11 is 12.1. The molecule has 0 aliphatic carbocycles. The lowest BCUT2D eigenvalue weighted by Crippen LogP contribution is -2.20. The van der Waals surface area contributed by atoms with E-state index in [9.17, 15) is 4.79 Å². The topological polar surface area (TPSA) is 59.6 Å². The molecule has 0 bridgehead atoms. The summed E-state index contributed by atoms with van der Waals surface area (Å²) in [5.41, 5.74) is 2.49. The van der Waals surface area contributed by atoms with Crippen molar-refractivity contribution in [1.82, 2.24) is 0 Å². The smallest absolute Gasteiger partial charge is 0.262 e. The monoisotopic (exact) mass is 444 g/mol. The first-order valence-electron chi connectivity index (χ1n) is 9.47. The van der Waals surface area contributed by atoms with Crippen LogP contribution in [0.5, 0.6) is 11.5 Å². The molecular formula is C23H22Cl2N2O3. The maximum Gasteiger partial charge on any atom is 0.262 e. The zero-order chi connectivity index (χ0) is 21.3. The van der Waals surface area contributed by atoms with Crippen molar-refractivity contribution in [2.75, 3.05) is 23.8 Å². The van der Waals surface area contributed by atoms with Gasteiger partial charge in [0, 0.05) is 17.3 Å². The van der Waals surface area contributed by atoms with E-state index in [0.29, 0.717) is 34.7 Å². The molecular weight excluding hydrogens is 423 g/mol. The Morgan fingerprint density at radius 3 is 2.47 bits per heavy atom. The number of carbonyl (C=O) groups is 1. The van der Waals surface area contributed by atoms with E-state index >= 15 is 0 Å². The van der Waals surface area contributed by atoms with Gasteiger partial charge in [0.25, 0.3) is 5.91 Å². The fourth-order valence-electron chi connectivity index (χ4n) is 2.74. The Hall–Kier alpha value is -2.89. The van der Waals surface area contributed by atoms with Crippen LogP contribution >= 0.6 is 23.2 Å². The SMILES string of the molecule is CCOc1cc(CNc2ccc(Cl)cc2Cl)ccc1OCC(=O)Nc1ccccc1. The van der Waals surface area contributed by atoms with Gasteiger partial charge in [-0.25, -0.2) is 0 Å². The third-order valence-corrected chi connectivity index (χ3v) is 4.69. The number of nitrogens with one attached hydrogen (secondary N) is 2. The van der Waals surface area contributed by atoms with E-state index in [1.165, 1.54) is 0 Å². The quantitative estimate of drug-likeness (QED) is 0.423. The normalized spacial score (nSPS) is 10.4. The van der Waals surface area contributed by atoms with E-state index in [2.05, 4.69) is 10.6 Å². The molecule has 0 radical (unpaired) electrons. The molecule has 156 valence electrons. The molecule has 2 N–H and O–H groups in total. The van der Waals surface area contributed by atoms with Crippen LogP contribution in [0.2, 0.25) is 10.0 Å². The lowest BCUT2D eigenvalue weighted by atomic mass is 10.2. The average molecular weight is 445 g/mol. The number of hydrogen-bond donors (Lipinski definition) is 2. The molecule has 0 heterocycles. The molecule has 3 rings (SSSR count). The molecule has 0 aliphatic rings. The Labute approximate surface area is 185 Å². The van der Waals surface area contributed by atoms with Crippen molar-refractivity contribution >= 4 is 40.5 Å². The largest absolute Gasteiger partial charge is 0.490 e. The summed E-state index contributed by atoms with van der Waals surface area (Å²) in [5.74, 6) is 0.839. The molecule has 0 saturated heterocycles. The van der Waals surface area contributed by atoms with E-state index < -0.39 is 0 Å². The van der Waals surface area contributed by atoms with Crippen LogP contribution in [0.25, 0.3) is 0 Å². The lowest BCUT2D eigenvalue weighted by molar-refractivity contribution is -0.118. The minimum absolute atomic E-state index is 0.118. The van der Waals surface area contributed by atoms with Gasteiger partial charge in [-0.05, 0) is 55.0 Å². The predicted molar refractivity (Wildman–Crippen MR) is 122 cm³/mol. The van der Waals surface area contributed by atoms with Crippen molar-refractivity contribution in [3.8, 4) is 11.5 Å². The second-order valence-electron chi connectivity index (χ2n) is 6.39. The van der Waals surface area contributed by atoms with Crippen molar-refractivity contribution in [3.63, 3.8) is 0 Å². The minimum Gasteiger partial charge on any atom is -0.490 e. The number of rotatable bonds is 9. The summed E-state index contributed by atoms with van der Waals surface area (Å²) in [4.78, 5) is 12.1. The van der Waals surface area contributed by atoms with Gasteiger partial charge in [-0.1, -0.05) is 47.5 Å². The highest BCUT2D eigenvalue weighted by atomic mass is 35.5. The summed E-state index contributed by atoms with van der Waals surface area (Å²) in [6.45, 7) is 2.79. The molecule has 0 saturated carbocycles. The Kier molecular flexibility index (Phi) is 7.82. The molecule has 1 amide bonds. The van der Waals surface area contributed by atoms with Gasteiger partial charge in [0.1, 0.15) is 0 Å². The van der Waals surface area contributed by atoms with Crippen LogP contribution in [-0.2, 0) is 11.3 Å². The van der Waals surface area contributed by atoms with Gasteiger partial charge >= 0.3 is 0 Å². The second-order valence-corrected chi connectivity index (χ2v) is 7.24. The first-order chi connectivity index (χ1) is 14.5. The van der Waals surface area contributed by atoms with Crippen LogP contribution in [0.1, 0.15) is 12.5 Å². The first-order valence-corrected chi connectivity index (χ1v) is 10.2. The van der Waals surface area contributed by atoms with Crippen LogP contribution in [-0.4, -0.2) is 19.1 Å². The Bertz CT molecular complexity index is 997. The van der Waals surface area contributed by atoms with E-state index in [1.807, 2.05) is 55.5 Å². The third-order valence-electron chi connectivity index (χ3n) is 4.14. The fraction of sp³-hybridized carbons (Fsp3) is 0.174. The molecule has 0 atom stereocenters. The number of ether oxygens (including phenoxy) is 2. The highest BCUT2D eigenvalue weighted by Crippen LogP contribution is 2.30. The van der Waals surface area contributed by atoms with Crippen molar-refractivity contribution in [2.24, 2.45) is 0 Å². The van der Waals surface area contributed by atoms with Gasteiger partial charge in [0.15, 0.2) is 18.1 Å². The van der Waals surface area contributed by atoms with Crippen LogP contribution < -0.4 is 20.1 Å². The fourth-order valence-corrected chi connectivity index (χ4v) is 3.22. The number of halogens is 2. The van der Waals surface area contributed by atoms with Crippen LogP contribution in [0.15, 0.2) is 66.7 Å². The Morgan fingerprint density at radius 2 is 1.73 bits per heavy atom. The van der Waals surface area contributed by atoms with E-state index in [-0.39, 0.29) is 12.5 Å². The van der Waals surface area contributed by atoms with Gasteiger partial charge in [-0.15, -0.1) is 0 Å². The molecule has 0 spiro atoms. The maximum atomic E-state index is 12.1. The second kappa shape index (κ2) is 10.8. The summed E-state index contributed by atoms with van der Waals surface area (Å²) < 4.78 is 11.4. The first kappa shape index (κ1) is 21.8. The number of amides is 1. The number of para-hydroxylation sites is 1. The molecule has 0 aliphatic heterocycles. The Morgan fingerprint density at radius 1 is 0.933 bits per heavy atom. The third kappa shape index (κ3) is 6.31. The maximum absolute atomic E-state index is 12.1. The van der Waals surface area contributed by atoms with Crippen molar-refractivity contribution < 1.29 is 14.3 Å². The molecule has 30 heavy (non-hydrogen) atoms. The number of hydrogen-bond acceptors (Lipinski definition) is 4. The standard InChI is InChI=1S/C23H22Cl2N2O3/c1-2-29-22-12-16(14-26-20-10-9-17(24)13-19(20)25)8-11-21(22)30-15-23(28)27-18-6-4-3-5-7-18/h3-13,26H,2,14-15H2,1H3,(H,27,28). The van der Waals surface area contributed by atoms with Gasteiger partial charge in [-0.3, -0.25) is 4.79 Å². The van der Waals surface area contributed by atoms with E-state index in [4.69, 9.17) is 32.7 Å². The van der Waals surface area contributed by atoms with Gasteiger partial charge in [0.05, 0.1) is 17.3 Å². The predicted octanol–water partition coefficient (Wildman–Crippen LogP) is 6.02. The summed E-state index contributed by atoms with van der Waals surface area (Å²) in [5, 5.41) is 7.20. The van der Waals surface area contributed by atoms with Crippen LogP contribution in [0.3, 0.4) is 0 Å². The molecule has 5 nitrogen and oxygen atoms in total. The molecule has 0 unspecified atom stereocenters. The highest BCUT2D eigenvalue weighted by Gasteiger charge is 2.10. The molecule has 0 fully saturated rings. The van der Waals surface area contributed by atoms with E-state index in [0.717, 1.165) is 16.9 Å². The zero-order valence-corrected chi connectivity index (χ0v) is 18.0. The van der Waals surface area contributed by atoms with Gasteiger partial charge < -0.3 is 20.1 Å². The zero-order valence-electron chi connectivity index (χ0n) is 16.5. The Balaban J connectivity index is 1.62. The van der Waals surface area contributed by atoms with Crippen molar-refractivity contribution in [2.45, 2.75) is 13.5 Å². The van der Waals surface area contributed by atoms with Crippen LogP contribution in [0.4, 0.5) is 11.4 Å². The molecule has 0 aromatic heterocycles. The molecule has 3 aromatic carbocycles. The molecule has 7 heteroatoms. The highest BCUT2D eigenvalue weighted by molar-refractivity contribution is 6.36. The van der Waals surface area contributed by atoms with Crippen molar-refractivity contribution in [1.29, 1.82) is 0 Å². The summed E-state index contributed by atoms with van der Waals surface area (Å²) in [7, 11) is 0. The minimum atomic E-state index is -0.244. The van der Waals surface area contributed by atoms with E-state index in [1.54, 1.807) is 18.2 Å². The van der Waals surface area contributed by atoms with Gasteiger partial charge in [0.2, 0.25) is 0 Å². The number of carbonyl (C=O) groups excluding carboxylic acids is 1. The average Bonchev–Trinajstić information content (AvgIpc) is 2.73. The van der Waals surface area contributed by atoms with Crippen LogP contribution in [0, 0.1) is 0 Å². The van der Waals surface area contributed by atoms with Gasteiger partial charge in [-0.2, -0.15) is 0 Å². The number of anilines is 2. The summed E-state index contributed by atoms with van der Waals surface area (Å²) in [6.07, 6.45) is 0. The summed E-state index contributed by atoms with van der Waals surface area (Å²) in [6, 6.07) is 20.1. The molecule has 3 aromatic rings. The van der Waals surface area contributed by atoms with Crippen molar-refractivity contribution in [3.05, 3.63) is 82.3 Å².